The lowest BCUT2D eigenvalue weighted by Crippen LogP contribution is -2.06. The maximum atomic E-state index is 10.8. The Balaban J connectivity index is 2.17. The highest BCUT2D eigenvalue weighted by Crippen LogP contribution is 2.23. The summed E-state index contributed by atoms with van der Waals surface area (Å²) < 4.78 is 4.86. The average molecular weight is 250 g/mol. The van der Waals surface area contributed by atoms with Crippen LogP contribution >= 0.6 is 0 Å². The zero-order chi connectivity index (χ0) is 13.1. The standard InChI is InChI=1S/C9H10N6O3/c1-5-12-8(18-14-5)4-11-9-6(15(16)17)2-3-7(10)13-9/h2-3H,4H2,1H3,(H3,10,11,13). The van der Waals surface area contributed by atoms with Gasteiger partial charge >= 0.3 is 5.69 Å². The highest BCUT2D eigenvalue weighted by molar-refractivity contribution is 5.59. The Bertz CT molecular complexity index is 581. The van der Waals surface area contributed by atoms with Crippen LogP contribution in [0.3, 0.4) is 0 Å². The van der Waals surface area contributed by atoms with Gasteiger partial charge in [-0.3, -0.25) is 10.1 Å². The van der Waals surface area contributed by atoms with E-state index >= 15 is 0 Å². The number of nitrogen functional groups attached to an aromatic ring is 1. The van der Waals surface area contributed by atoms with Crippen molar-refractivity contribution in [2.24, 2.45) is 0 Å². The summed E-state index contributed by atoms with van der Waals surface area (Å²) in [5.74, 6) is 1.05. The van der Waals surface area contributed by atoms with Crippen molar-refractivity contribution >= 4 is 17.3 Å². The van der Waals surface area contributed by atoms with Crippen molar-refractivity contribution in [2.45, 2.75) is 13.5 Å². The zero-order valence-corrected chi connectivity index (χ0v) is 9.45. The molecule has 0 aliphatic heterocycles. The van der Waals surface area contributed by atoms with Crippen LogP contribution in [0.4, 0.5) is 17.3 Å². The lowest BCUT2D eigenvalue weighted by Gasteiger charge is -2.04. The number of nitrogens with one attached hydrogen (secondary N) is 1. The number of hydrogen-bond acceptors (Lipinski definition) is 8. The molecular formula is C9H10N6O3. The van der Waals surface area contributed by atoms with Gasteiger partial charge in [-0.2, -0.15) is 4.98 Å². The molecule has 0 unspecified atom stereocenters. The lowest BCUT2D eigenvalue weighted by atomic mass is 10.3. The molecule has 0 saturated carbocycles. The second kappa shape index (κ2) is 4.65. The van der Waals surface area contributed by atoms with Crippen molar-refractivity contribution in [3.63, 3.8) is 0 Å². The number of nitrogens with zero attached hydrogens (tertiary/aromatic N) is 4. The van der Waals surface area contributed by atoms with Crippen LogP contribution in [0.15, 0.2) is 16.7 Å². The largest absolute Gasteiger partial charge is 0.384 e. The molecule has 0 atom stereocenters. The molecule has 9 heteroatoms. The van der Waals surface area contributed by atoms with Gasteiger partial charge in [0.15, 0.2) is 5.82 Å². The molecule has 0 spiro atoms. The van der Waals surface area contributed by atoms with E-state index in [0.29, 0.717) is 11.7 Å². The molecule has 0 saturated heterocycles. The van der Waals surface area contributed by atoms with E-state index in [0.717, 1.165) is 0 Å². The van der Waals surface area contributed by atoms with E-state index in [1.165, 1.54) is 12.1 Å². The van der Waals surface area contributed by atoms with Gasteiger partial charge in [-0.15, -0.1) is 0 Å². The van der Waals surface area contributed by atoms with Gasteiger partial charge in [0.25, 0.3) is 0 Å². The van der Waals surface area contributed by atoms with E-state index in [1.807, 2.05) is 0 Å². The number of anilines is 2. The van der Waals surface area contributed by atoms with Gasteiger partial charge in [0.05, 0.1) is 11.5 Å². The first kappa shape index (κ1) is 11.8. The predicted octanol–water partition coefficient (Wildman–Crippen LogP) is 0.876. The van der Waals surface area contributed by atoms with Crippen LogP contribution in [-0.4, -0.2) is 20.0 Å². The SMILES string of the molecule is Cc1noc(CNc2nc(N)ccc2[N+](=O)[O-])n1. The predicted molar refractivity (Wildman–Crippen MR) is 61.7 cm³/mol. The van der Waals surface area contributed by atoms with Crippen LogP contribution in [0.1, 0.15) is 11.7 Å². The minimum atomic E-state index is -0.548. The molecule has 0 amide bonds. The Hall–Kier alpha value is -2.71. The summed E-state index contributed by atoms with van der Waals surface area (Å²) in [6, 6.07) is 2.64. The number of pyridine rings is 1. The van der Waals surface area contributed by atoms with Gasteiger partial charge in [0.1, 0.15) is 5.82 Å². The molecule has 0 bridgehead atoms. The van der Waals surface area contributed by atoms with Crippen LogP contribution < -0.4 is 11.1 Å². The normalized spacial score (nSPS) is 10.3. The fourth-order valence-electron chi connectivity index (χ4n) is 1.32. The Kier molecular flexibility index (Phi) is 3.04. The molecule has 2 aromatic heterocycles. The Morgan fingerprint density at radius 3 is 2.89 bits per heavy atom. The summed E-state index contributed by atoms with van der Waals surface area (Å²) in [4.78, 5) is 18.0. The van der Waals surface area contributed by atoms with Gasteiger partial charge in [-0.05, 0) is 13.0 Å². The first-order valence-corrected chi connectivity index (χ1v) is 5.00. The van der Waals surface area contributed by atoms with Crippen LogP contribution in [0.2, 0.25) is 0 Å². The fourth-order valence-corrected chi connectivity index (χ4v) is 1.32. The molecule has 0 aliphatic carbocycles. The monoisotopic (exact) mass is 250 g/mol. The van der Waals surface area contributed by atoms with Crippen molar-refractivity contribution < 1.29 is 9.45 Å². The van der Waals surface area contributed by atoms with Crippen LogP contribution in [0.5, 0.6) is 0 Å². The summed E-state index contributed by atoms with van der Waals surface area (Å²) in [5.41, 5.74) is 5.31. The second-order valence-corrected chi connectivity index (χ2v) is 3.45. The average Bonchev–Trinajstić information content (AvgIpc) is 2.72. The third kappa shape index (κ3) is 2.51. The number of nitrogens with two attached hydrogens (primary N) is 1. The number of aryl methyl sites for hydroxylation is 1. The molecular weight excluding hydrogens is 240 g/mol. The van der Waals surface area contributed by atoms with Gasteiger partial charge in [0, 0.05) is 6.07 Å². The van der Waals surface area contributed by atoms with Gasteiger partial charge in [-0.25, -0.2) is 4.98 Å². The number of aromatic nitrogens is 3. The van der Waals surface area contributed by atoms with E-state index in [1.54, 1.807) is 6.92 Å². The molecule has 2 aromatic rings. The van der Waals surface area contributed by atoms with E-state index in [9.17, 15) is 10.1 Å². The third-order valence-corrected chi connectivity index (χ3v) is 2.07. The molecule has 18 heavy (non-hydrogen) atoms. The summed E-state index contributed by atoms with van der Waals surface area (Å²) in [7, 11) is 0. The molecule has 0 fully saturated rings. The quantitative estimate of drug-likeness (QED) is 0.603. The molecule has 2 rings (SSSR count). The molecule has 3 N–H and O–H groups in total. The molecule has 0 radical (unpaired) electrons. The number of nitro groups is 1. The van der Waals surface area contributed by atoms with Crippen molar-refractivity contribution in [3.05, 3.63) is 34.0 Å². The smallest absolute Gasteiger partial charge is 0.311 e. The first-order valence-electron chi connectivity index (χ1n) is 5.00. The minimum absolute atomic E-state index is 0.0656. The summed E-state index contributed by atoms with van der Waals surface area (Å²) >= 11 is 0. The van der Waals surface area contributed by atoms with Crippen LogP contribution in [-0.2, 0) is 6.54 Å². The highest BCUT2D eigenvalue weighted by Gasteiger charge is 2.16. The number of rotatable bonds is 4. The minimum Gasteiger partial charge on any atom is -0.384 e. The molecule has 0 aliphatic rings. The first-order chi connectivity index (χ1) is 8.56. The Morgan fingerprint density at radius 2 is 2.28 bits per heavy atom. The second-order valence-electron chi connectivity index (χ2n) is 3.45. The molecule has 94 valence electrons. The topological polar surface area (TPSA) is 133 Å². The lowest BCUT2D eigenvalue weighted by molar-refractivity contribution is -0.384. The third-order valence-electron chi connectivity index (χ3n) is 2.07. The van der Waals surface area contributed by atoms with E-state index in [2.05, 4.69) is 20.4 Å². The van der Waals surface area contributed by atoms with Crippen molar-refractivity contribution in [1.82, 2.24) is 15.1 Å². The highest BCUT2D eigenvalue weighted by atomic mass is 16.6. The summed E-state index contributed by atoms with van der Waals surface area (Å²) in [6.45, 7) is 1.81. The number of hydrogen-bond donors (Lipinski definition) is 2. The molecule has 2 heterocycles. The van der Waals surface area contributed by atoms with Crippen LogP contribution in [0.25, 0.3) is 0 Å². The Labute approximate surface area is 101 Å². The van der Waals surface area contributed by atoms with Gasteiger partial charge in [-0.1, -0.05) is 5.16 Å². The van der Waals surface area contributed by atoms with Crippen LogP contribution in [0, 0.1) is 17.0 Å². The maximum absolute atomic E-state index is 10.8. The fraction of sp³-hybridized carbons (Fsp3) is 0.222. The summed E-state index contributed by atoms with van der Waals surface area (Å²) in [5, 5.41) is 17.1. The van der Waals surface area contributed by atoms with Crippen molar-refractivity contribution in [1.29, 1.82) is 0 Å². The van der Waals surface area contributed by atoms with E-state index in [4.69, 9.17) is 10.3 Å². The Morgan fingerprint density at radius 1 is 1.50 bits per heavy atom. The molecule has 9 nitrogen and oxygen atoms in total. The van der Waals surface area contributed by atoms with Gasteiger partial charge < -0.3 is 15.6 Å². The van der Waals surface area contributed by atoms with E-state index in [-0.39, 0.29) is 23.9 Å². The maximum Gasteiger partial charge on any atom is 0.311 e. The molecule has 0 aromatic carbocycles. The van der Waals surface area contributed by atoms with Gasteiger partial charge in [0.2, 0.25) is 11.7 Å². The van der Waals surface area contributed by atoms with Crippen molar-refractivity contribution in [2.75, 3.05) is 11.1 Å². The zero-order valence-electron chi connectivity index (χ0n) is 9.45. The summed E-state index contributed by atoms with van der Waals surface area (Å²) in [6.07, 6.45) is 0. The van der Waals surface area contributed by atoms with Crippen molar-refractivity contribution in [3.8, 4) is 0 Å². The van der Waals surface area contributed by atoms with E-state index < -0.39 is 4.92 Å².